The van der Waals surface area contributed by atoms with Crippen LogP contribution in [-0.4, -0.2) is 9.91 Å². The minimum atomic E-state index is -0.862. The van der Waals surface area contributed by atoms with Crippen molar-refractivity contribution in [3.8, 4) is 0 Å². The second kappa shape index (κ2) is 5.30. The lowest BCUT2D eigenvalue weighted by Crippen LogP contribution is -2.07. The quantitative estimate of drug-likeness (QED) is 0.501. The van der Waals surface area contributed by atoms with E-state index in [4.69, 9.17) is 5.73 Å². The van der Waals surface area contributed by atoms with Gasteiger partial charge < -0.3 is 11.1 Å². The molecule has 0 aliphatic rings. The van der Waals surface area contributed by atoms with E-state index in [2.05, 4.69) is 10.3 Å². The van der Waals surface area contributed by atoms with Crippen LogP contribution in [0.1, 0.15) is 5.56 Å². The molecule has 0 aliphatic heterocycles. The number of rotatable bonds is 4. The molecule has 0 spiro atoms. The third kappa shape index (κ3) is 2.95. The molecule has 0 saturated carbocycles. The fourth-order valence-corrected chi connectivity index (χ4v) is 1.65. The average molecular weight is 262 g/mol. The molecule has 0 unspecified atom stereocenters. The van der Waals surface area contributed by atoms with Gasteiger partial charge in [-0.2, -0.15) is 9.37 Å². The molecular weight excluding hydrogens is 251 g/mol. The molecule has 98 valence electrons. The molecule has 0 radical (unpaired) electrons. The summed E-state index contributed by atoms with van der Waals surface area (Å²) >= 11 is 0. The van der Waals surface area contributed by atoms with Gasteiger partial charge in [0, 0.05) is 12.6 Å². The topological polar surface area (TPSA) is 94.1 Å². The number of pyridine rings is 1. The molecular formula is C12H11FN4O2. The van der Waals surface area contributed by atoms with Gasteiger partial charge in [-0.1, -0.05) is 30.3 Å². The van der Waals surface area contributed by atoms with Crippen molar-refractivity contribution >= 4 is 17.2 Å². The van der Waals surface area contributed by atoms with E-state index in [-0.39, 0.29) is 5.69 Å². The first-order valence-electron chi connectivity index (χ1n) is 5.46. The number of nitrogens with one attached hydrogen (secondary N) is 1. The van der Waals surface area contributed by atoms with E-state index in [1.54, 1.807) is 0 Å². The van der Waals surface area contributed by atoms with Crippen molar-refractivity contribution in [1.82, 2.24) is 4.98 Å². The molecule has 19 heavy (non-hydrogen) atoms. The zero-order valence-corrected chi connectivity index (χ0v) is 9.84. The molecule has 1 aromatic carbocycles. The standard InChI is InChI=1S/C12H11FN4O2/c13-10-6-9(11(17(18)19)12(14)16-10)15-7-8-4-2-1-3-5-8/h1-6H,7H2,(H3,14,15,16). The maximum Gasteiger partial charge on any atom is 0.334 e. The molecule has 0 aliphatic carbocycles. The Morgan fingerprint density at radius 2 is 2.05 bits per heavy atom. The van der Waals surface area contributed by atoms with Crippen LogP contribution in [0.25, 0.3) is 0 Å². The Morgan fingerprint density at radius 1 is 1.37 bits per heavy atom. The highest BCUT2D eigenvalue weighted by molar-refractivity contribution is 5.71. The van der Waals surface area contributed by atoms with Gasteiger partial charge in [0.1, 0.15) is 5.69 Å². The van der Waals surface area contributed by atoms with Crippen LogP contribution in [0.5, 0.6) is 0 Å². The zero-order chi connectivity index (χ0) is 13.8. The molecule has 1 heterocycles. The number of anilines is 2. The molecule has 6 nitrogen and oxygen atoms in total. The van der Waals surface area contributed by atoms with Crippen LogP contribution in [0.2, 0.25) is 0 Å². The normalized spacial score (nSPS) is 10.2. The van der Waals surface area contributed by atoms with Crippen LogP contribution in [0, 0.1) is 16.1 Å². The number of hydrogen-bond donors (Lipinski definition) is 2. The monoisotopic (exact) mass is 262 g/mol. The first-order chi connectivity index (χ1) is 9.08. The summed E-state index contributed by atoms with van der Waals surface area (Å²) in [6, 6.07) is 10.2. The van der Waals surface area contributed by atoms with Crippen LogP contribution in [0.15, 0.2) is 36.4 Å². The van der Waals surface area contributed by atoms with Crippen LogP contribution < -0.4 is 11.1 Å². The third-order valence-electron chi connectivity index (χ3n) is 2.50. The Labute approximate surface area is 108 Å². The van der Waals surface area contributed by atoms with Crippen molar-refractivity contribution in [2.24, 2.45) is 0 Å². The summed E-state index contributed by atoms with van der Waals surface area (Å²) in [4.78, 5) is 13.4. The van der Waals surface area contributed by atoms with Crippen molar-refractivity contribution in [3.63, 3.8) is 0 Å². The SMILES string of the molecule is Nc1nc(F)cc(NCc2ccccc2)c1[N+](=O)[O-]. The van der Waals surface area contributed by atoms with Gasteiger partial charge in [-0.05, 0) is 5.56 Å². The molecule has 1 aromatic heterocycles. The largest absolute Gasteiger partial charge is 0.378 e. The number of hydrogen-bond acceptors (Lipinski definition) is 5. The fourth-order valence-electron chi connectivity index (χ4n) is 1.65. The highest BCUT2D eigenvalue weighted by Crippen LogP contribution is 2.30. The molecule has 2 aromatic rings. The summed E-state index contributed by atoms with van der Waals surface area (Å²) in [7, 11) is 0. The van der Waals surface area contributed by atoms with Gasteiger partial charge in [-0.25, -0.2) is 0 Å². The van der Waals surface area contributed by atoms with Gasteiger partial charge in [0.05, 0.1) is 4.92 Å². The van der Waals surface area contributed by atoms with E-state index >= 15 is 0 Å². The predicted octanol–water partition coefficient (Wildman–Crippen LogP) is 2.32. The van der Waals surface area contributed by atoms with Crippen molar-refractivity contribution in [3.05, 3.63) is 58.0 Å². The minimum Gasteiger partial charge on any atom is -0.378 e. The van der Waals surface area contributed by atoms with E-state index in [0.29, 0.717) is 6.54 Å². The van der Waals surface area contributed by atoms with Crippen LogP contribution in [0.4, 0.5) is 21.6 Å². The van der Waals surface area contributed by atoms with Crippen LogP contribution in [-0.2, 0) is 6.54 Å². The molecule has 0 atom stereocenters. The summed E-state index contributed by atoms with van der Waals surface area (Å²) in [5.74, 6) is -1.31. The number of nitrogen functional groups attached to an aromatic ring is 1. The van der Waals surface area contributed by atoms with Crippen molar-refractivity contribution in [1.29, 1.82) is 0 Å². The van der Waals surface area contributed by atoms with Gasteiger partial charge >= 0.3 is 5.69 Å². The Hall–Kier alpha value is -2.70. The van der Waals surface area contributed by atoms with Gasteiger partial charge in [-0.3, -0.25) is 10.1 Å². The maximum atomic E-state index is 13.1. The Balaban J connectivity index is 2.27. The molecule has 3 N–H and O–H groups in total. The third-order valence-corrected chi connectivity index (χ3v) is 2.50. The first kappa shape index (κ1) is 12.7. The van der Waals surface area contributed by atoms with E-state index in [9.17, 15) is 14.5 Å². The summed E-state index contributed by atoms with van der Waals surface area (Å²) in [6.07, 6.45) is 0. The molecule has 0 bridgehead atoms. The number of halogens is 1. The second-order valence-electron chi connectivity index (χ2n) is 3.82. The summed E-state index contributed by atoms with van der Waals surface area (Å²) < 4.78 is 13.1. The van der Waals surface area contributed by atoms with Gasteiger partial charge in [0.25, 0.3) is 0 Å². The Kier molecular flexibility index (Phi) is 3.56. The van der Waals surface area contributed by atoms with Crippen molar-refractivity contribution in [2.45, 2.75) is 6.54 Å². The van der Waals surface area contributed by atoms with Gasteiger partial charge in [0.2, 0.25) is 11.8 Å². The second-order valence-corrected chi connectivity index (χ2v) is 3.82. The number of nitrogens with zero attached hydrogens (tertiary/aromatic N) is 2. The molecule has 0 saturated heterocycles. The van der Waals surface area contributed by atoms with E-state index in [1.807, 2.05) is 30.3 Å². The fraction of sp³-hybridized carbons (Fsp3) is 0.0833. The highest BCUT2D eigenvalue weighted by Gasteiger charge is 2.21. The lowest BCUT2D eigenvalue weighted by Gasteiger charge is -2.08. The lowest BCUT2D eigenvalue weighted by atomic mass is 10.2. The van der Waals surface area contributed by atoms with Gasteiger partial charge in [-0.15, -0.1) is 0 Å². The molecule has 0 amide bonds. The van der Waals surface area contributed by atoms with Crippen molar-refractivity contribution in [2.75, 3.05) is 11.1 Å². The number of nitrogens with two attached hydrogens (primary N) is 1. The van der Waals surface area contributed by atoms with E-state index in [0.717, 1.165) is 11.6 Å². The van der Waals surface area contributed by atoms with Crippen molar-refractivity contribution < 1.29 is 9.31 Å². The highest BCUT2D eigenvalue weighted by atomic mass is 19.1. The zero-order valence-electron chi connectivity index (χ0n) is 9.84. The molecule has 7 heteroatoms. The molecule has 0 fully saturated rings. The smallest absolute Gasteiger partial charge is 0.334 e. The molecule has 2 rings (SSSR count). The van der Waals surface area contributed by atoms with Crippen LogP contribution in [0.3, 0.4) is 0 Å². The maximum absolute atomic E-state index is 13.1. The number of benzene rings is 1. The summed E-state index contributed by atoms with van der Waals surface area (Å²) in [6.45, 7) is 0.324. The average Bonchev–Trinajstić information content (AvgIpc) is 2.36. The summed E-state index contributed by atoms with van der Waals surface area (Å²) in [5.41, 5.74) is 5.86. The Bertz CT molecular complexity index is 604. The lowest BCUT2D eigenvalue weighted by molar-refractivity contribution is -0.383. The van der Waals surface area contributed by atoms with E-state index in [1.165, 1.54) is 0 Å². The minimum absolute atomic E-state index is 0.0128. The number of nitro groups is 1. The van der Waals surface area contributed by atoms with Crippen LogP contribution >= 0.6 is 0 Å². The first-order valence-corrected chi connectivity index (χ1v) is 5.46. The number of aromatic nitrogens is 1. The predicted molar refractivity (Wildman–Crippen MR) is 69.0 cm³/mol. The van der Waals surface area contributed by atoms with E-state index < -0.39 is 22.4 Å². The Morgan fingerprint density at radius 3 is 2.68 bits per heavy atom. The summed E-state index contributed by atoms with van der Waals surface area (Å²) in [5, 5.41) is 13.7. The van der Waals surface area contributed by atoms with Gasteiger partial charge in [0.15, 0.2) is 0 Å².